The molecular weight excluding hydrogens is 141 g/mol. The highest BCUT2D eigenvalue weighted by molar-refractivity contribution is 4.94. The molecule has 1 nitrogen and oxygen atoms in total. The molecule has 0 amide bonds. The van der Waals surface area contributed by atoms with Crippen molar-refractivity contribution < 1.29 is 4.39 Å². The lowest BCUT2D eigenvalue weighted by Crippen LogP contribution is -2.42. The van der Waals surface area contributed by atoms with E-state index in [2.05, 4.69) is 32.6 Å². The molecule has 0 saturated carbocycles. The highest BCUT2D eigenvalue weighted by Crippen LogP contribution is 2.31. The van der Waals surface area contributed by atoms with Gasteiger partial charge in [-0.3, -0.25) is 4.90 Å². The van der Waals surface area contributed by atoms with Crippen molar-refractivity contribution in [2.24, 2.45) is 0 Å². The largest absolute Gasteiger partial charge is 0.293 e. The Labute approximate surface area is 68.6 Å². The molecule has 0 aromatic heterocycles. The van der Waals surface area contributed by atoms with E-state index < -0.39 is 6.17 Å². The zero-order valence-electron chi connectivity index (χ0n) is 7.89. The monoisotopic (exact) mass is 159 g/mol. The highest BCUT2D eigenvalue weighted by Gasteiger charge is 2.39. The first-order valence-electron chi connectivity index (χ1n) is 4.34. The van der Waals surface area contributed by atoms with Gasteiger partial charge in [-0.25, -0.2) is 4.39 Å². The molecule has 66 valence electrons. The van der Waals surface area contributed by atoms with Crippen LogP contribution in [0, 0.1) is 0 Å². The van der Waals surface area contributed by atoms with Gasteiger partial charge in [-0.2, -0.15) is 0 Å². The van der Waals surface area contributed by atoms with Crippen LogP contribution in [0.4, 0.5) is 4.39 Å². The van der Waals surface area contributed by atoms with Crippen LogP contribution in [0.15, 0.2) is 0 Å². The van der Waals surface area contributed by atoms with Crippen molar-refractivity contribution in [3.63, 3.8) is 0 Å². The Morgan fingerprint density at radius 2 is 2.00 bits per heavy atom. The zero-order valence-corrected chi connectivity index (χ0v) is 7.89. The van der Waals surface area contributed by atoms with Gasteiger partial charge in [0.05, 0.1) is 0 Å². The Bertz CT molecular complexity index is 142. The molecule has 1 aliphatic heterocycles. The molecule has 11 heavy (non-hydrogen) atoms. The van der Waals surface area contributed by atoms with Crippen molar-refractivity contribution in [3.8, 4) is 0 Å². The quantitative estimate of drug-likeness (QED) is 0.567. The first kappa shape index (κ1) is 8.98. The van der Waals surface area contributed by atoms with Crippen molar-refractivity contribution in [3.05, 3.63) is 0 Å². The van der Waals surface area contributed by atoms with Crippen molar-refractivity contribution >= 4 is 0 Å². The lowest BCUT2D eigenvalue weighted by atomic mass is 10.0. The third kappa shape index (κ3) is 1.73. The molecule has 0 radical (unpaired) electrons. The molecule has 0 aromatic rings. The second-order valence-corrected chi connectivity index (χ2v) is 4.36. The fourth-order valence-corrected chi connectivity index (χ4v) is 2.09. The van der Waals surface area contributed by atoms with Gasteiger partial charge in [0, 0.05) is 18.1 Å². The maximum atomic E-state index is 13.0. The van der Waals surface area contributed by atoms with E-state index in [0.29, 0.717) is 19.0 Å². The summed E-state index contributed by atoms with van der Waals surface area (Å²) in [5.41, 5.74) is 0.0631. The zero-order chi connectivity index (χ0) is 8.65. The first-order chi connectivity index (χ1) is 4.93. The summed E-state index contributed by atoms with van der Waals surface area (Å²) in [6, 6.07) is 0.464. The summed E-state index contributed by atoms with van der Waals surface area (Å²) in [6.07, 6.45) is 0.0675. The Hall–Kier alpha value is -0.110. The first-order valence-corrected chi connectivity index (χ1v) is 4.34. The lowest BCUT2D eigenvalue weighted by Gasteiger charge is -2.34. The summed E-state index contributed by atoms with van der Waals surface area (Å²) in [6.45, 7) is 9.10. The smallest absolute Gasteiger partial charge is 0.115 e. The predicted octanol–water partition coefficient (Wildman–Crippen LogP) is 2.22. The molecule has 1 heterocycles. The van der Waals surface area contributed by atoms with Gasteiger partial charge in [-0.05, 0) is 34.1 Å². The molecule has 0 aromatic carbocycles. The molecule has 2 heteroatoms. The molecule has 0 N–H and O–H groups in total. The van der Waals surface area contributed by atoms with Gasteiger partial charge in [0.15, 0.2) is 0 Å². The van der Waals surface area contributed by atoms with E-state index in [9.17, 15) is 4.39 Å². The lowest BCUT2D eigenvalue weighted by molar-refractivity contribution is 0.133. The van der Waals surface area contributed by atoms with Crippen LogP contribution >= 0.6 is 0 Å². The third-order valence-electron chi connectivity index (χ3n) is 2.52. The third-order valence-corrected chi connectivity index (χ3v) is 2.52. The number of nitrogens with zero attached hydrogens (tertiary/aromatic N) is 1. The van der Waals surface area contributed by atoms with Crippen molar-refractivity contribution in [1.82, 2.24) is 4.90 Å². The fourth-order valence-electron chi connectivity index (χ4n) is 2.09. The fraction of sp³-hybridized carbons (Fsp3) is 1.00. The molecule has 0 spiro atoms. The number of halogens is 1. The Morgan fingerprint density at radius 1 is 1.45 bits per heavy atom. The number of hydrogen-bond donors (Lipinski definition) is 0. The minimum Gasteiger partial charge on any atom is -0.293 e. The molecule has 1 saturated heterocycles. The van der Waals surface area contributed by atoms with Gasteiger partial charge >= 0.3 is 0 Å². The van der Waals surface area contributed by atoms with Crippen LogP contribution < -0.4 is 0 Å². The van der Waals surface area contributed by atoms with Gasteiger partial charge in [-0.1, -0.05) is 0 Å². The van der Waals surface area contributed by atoms with Crippen molar-refractivity contribution in [2.45, 2.75) is 51.9 Å². The van der Waals surface area contributed by atoms with E-state index in [4.69, 9.17) is 0 Å². The number of rotatable bonds is 1. The maximum Gasteiger partial charge on any atom is 0.115 e. The maximum absolute atomic E-state index is 13.0. The van der Waals surface area contributed by atoms with E-state index >= 15 is 0 Å². The van der Waals surface area contributed by atoms with E-state index in [1.54, 1.807) is 0 Å². The summed E-state index contributed by atoms with van der Waals surface area (Å²) >= 11 is 0. The Balaban J connectivity index is 2.66. The van der Waals surface area contributed by atoms with Crippen LogP contribution in [-0.2, 0) is 0 Å². The Kier molecular flexibility index (Phi) is 2.24. The predicted molar refractivity (Wildman–Crippen MR) is 45.4 cm³/mol. The summed E-state index contributed by atoms with van der Waals surface area (Å²) in [4.78, 5) is 2.23. The molecular formula is C9H18FN. The molecule has 1 rings (SSSR count). The molecule has 1 unspecified atom stereocenters. The van der Waals surface area contributed by atoms with Crippen LogP contribution in [0.1, 0.15) is 34.1 Å². The normalized spacial score (nSPS) is 31.6. The summed E-state index contributed by atoms with van der Waals surface area (Å²) < 4.78 is 13.0. The van der Waals surface area contributed by atoms with E-state index in [-0.39, 0.29) is 5.54 Å². The minimum absolute atomic E-state index is 0.0631. The summed E-state index contributed by atoms with van der Waals surface area (Å²) in [5, 5.41) is 0. The molecule has 0 bridgehead atoms. The standard InChI is InChI=1S/C9H18FN/c1-7(2)11-6-8(10)5-9(11,3)4/h7-8H,5-6H2,1-4H3. The minimum atomic E-state index is -0.618. The van der Waals surface area contributed by atoms with Crippen LogP contribution in [-0.4, -0.2) is 29.2 Å². The van der Waals surface area contributed by atoms with Crippen LogP contribution in [0.2, 0.25) is 0 Å². The number of alkyl halides is 1. The second kappa shape index (κ2) is 2.74. The second-order valence-electron chi connectivity index (χ2n) is 4.36. The number of hydrogen-bond acceptors (Lipinski definition) is 1. The van der Waals surface area contributed by atoms with Crippen molar-refractivity contribution in [2.75, 3.05) is 6.54 Å². The SMILES string of the molecule is CC(C)N1CC(F)CC1(C)C. The van der Waals surface area contributed by atoms with Crippen LogP contribution in [0.5, 0.6) is 0 Å². The van der Waals surface area contributed by atoms with Crippen LogP contribution in [0.3, 0.4) is 0 Å². The van der Waals surface area contributed by atoms with E-state index in [0.717, 1.165) is 0 Å². The van der Waals surface area contributed by atoms with Gasteiger partial charge in [-0.15, -0.1) is 0 Å². The highest BCUT2D eigenvalue weighted by atomic mass is 19.1. The summed E-state index contributed by atoms with van der Waals surface area (Å²) in [7, 11) is 0. The molecule has 1 atom stereocenters. The topological polar surface area (TPSA) is 3.24 Å². The van der Waals surface area contributed by atoms with E-state index in [1.165, 1.54) is 0 Å². The van der Waals surface area contributed by atoms with E-state index in [1.807, 2.05) is 0 Å². The Morgan fingerprint density at radius 3 is 2.18 bits per heavy atom. The molecule has 1 fully saturated rings. The summed E-state index contributed by atoms with van der Waals surface area (Å²) in [5.74, 6) is 0. The average molecular weight is 159 g/mol. The number of likely N-dealkylation sites (tertiary alicyclic amines) is 1. The average Bonchev–Trinajstić information content (AvgIpc) is 2.04. The molecule has 1 aliphatic rings. The van der Waals surface area contributed by atoms with Gasteiger partial charge in [0.25, 0.3) is 0 Å². The van der Waals surface area contributed by atoms with Crippen molar-refractivity contribution in [1.29, 1.82) is 0 Å². The van der Waals surface area contributed by atoms with Gasteiger partial charge < -0.3 is 0 Å². The molecule has 0 aliphatic carbocycles. The van der Waals surface area contributed by atoms with Gasteiger partial charge in [0.1, 0.15) is 6.17 Å². The van der Waals surface area contributed by atoms with Crippen LogP contribution in [0.25, 0.3) is 0 Å². The van der Waals surface area contributed by atoms with Gasteiger partial charge in [0.2, 0.25) is 0 Å².